The second-order valence-corrected chi connectivity index (χ2v) is 6.34. The number of piperidine rings is 1. The molecule has 0 spiro atoms. The molecule has 1 aromatic carbocycles. The maximum Gasteiger partial charge on any atom is 0.186 e. The Morgan fingerprint density at radius 3 is 3.11 bits per heavy atom. The standard InChI is InChI=1S/C14H17N3S/c1-2-6-13-11(5-1)16-14(18-13)17-8-10-4-3-7-15-12(10)9-17/h1-2,5-6,10,12,15H,3-4,7-9H2/t10-,12+/m0/s1. The molecular formula is C14H17N3S. The Morgan fingerprint density at radius 1 is 1.28 bits per heavy atom. The fourth-order valence-electron chi connectivity index (χ4n) is 3.20. The average Bonchev–Trinajstić information content (AvgIpc) is 3.02. The number of para-hydroxylation sites is 1. The van der Waals surface area contributed by atoms with Gasteiger partial charge in [0.1, 0.15) is 0 Å². The Labute approximate surface area is 111 Å². The molecule has 94 valence electrons. The number of nitrogens with one attached hydrogen (secondary N) is 1. The molecule has 0 aliphatic carbocycles. The zero-order valence-corrected chi connectivity index (χ0v) is 11.1. The molecule has 2 fully saturated rings. The van der Waals surface area contributed by atoms with Gasteiger partial charge in [-0.25, -0.2) is 4.98 Å². The molecule has 4 heteroatoms. The fourth-order valence-corrected chi connectivity index (χ4v) is 4.18. The van der Waals surface area contributed by atoms with Crippen LogP contribution in [-0.4, -0.2) is 30.7 Å². The molecule has 2 aliphatic rings. The van der Waals surface area contributed by atoms with Gasteiger partial charge in [0, 0.05) is 19.1 Å². The highest BCUT2D eigenvalue weighted by Gasteiger charge is 2.35. The van der Waals surface area contributed by atoms with Crippen molar-refractivity contribution in [2.45, 2.75) is 18.9 Å². The minimum atomic E-state index is 0.686. The molecule has 1 N–H and O–H groups in total. The van der Waals surface area contributed by atoms with Crippen LogP contribution in [0.2, 0.25) is 0 Å². The minimum absolute atomic E-state index is 0.686. The molecule has 2 saturated heterocycles. The Morgan fingerprint density at radius 2 is 2.22 bits per heavy atom. The van der Waals surface area contributed by atoms with E-state index in [0.29, 0.717) is 6.04 Å². The summed E-state index contributed by atoms with van der Waals surface area (Å²) in [6, 6.07) is 9.12. The van der Waals surface area contributed by atoms with E-state index < -0.39 is 0 Å². The van der Waals surface area contributed by atoms with Crippen molar-refractivity contribution in [1.29, 1.82) is 0 Å². The lowest BCUT2D eigenvalue weighted by atomic mass is 9.94. The Bertz CT molecular complexity index is 518. The topological polar surface area (TPSA) is 28.2 Å². The van der Waals surface area contributed by atoms with Gasteiger partial charge in [0.05, 0.1) is 10.2 Å². The van der Waals surface area contributed by atoms with Crippen LogP contribution in [0.25, 0.3) is 10.2 Å². The first-order chi connectivity index (χ1) is 8.90. The monoisotopic (exact) mass is 259 g/mol. The first kappa shape index (κ1) is 10.8. The molecular weight excluding hydrogens is 242 g/mol. The van der Waals surface area contributed by atoms with Crippen LogP contribution < -0.4 is 10.2 Å². The molecule has 3 nitrogen and oxygen atoms in total. The van der Waals surface area contributed by atoms with Crippen molar-refractivity contribution in [3.8, 4) is 0 Å². The van der Waals surface area contributed by atoms with E-state index in [0.717, 1.165) is 18.0 Å². The average molecular weight is 259 g/mol. The van der Waals surface area contributed by atoms with E-state index in [9.17, 15) is 0 Å². The molecule has 18 heavy (non-hydrogen) atoms. The lowest BCUT2D eigenvalue weighted by molar-refractivity contribution is 0.340. The van der Waals surface area contributed by atoms with Crippen molar-refractivity contribution >= 4 is 26.7 Å². The van der Waals surface area contributed by atoms with Crippen LogP contribution >= 0.6 is 11.3 Å². The van der Waals surface area contributed by atoms with Crippen molar-refractivity contribution < 1.29 is 0 Å². The maximum atomic E-state index is 4.77. The summed E-state index contributed by atoms with van der Waals surface area (Å²) in [5, 5.41) is 4.85. The van der Waals surface area contributed by atoms with Crippen LogP contribution in [0.5, 0.6) is 0 Å². The Kier molecular flexibility index (Phi) is 2.52. The lowest BCUT2D eigenvalue weighted by Crippen LogP contribution is -2.40. The van der Waals surface area contributed by atoms with Gasteiger partial charge in [-0.1, -0.05) is 23.5 Å². The SMILES string of the molecule is c1ccc2sc(N3C[C@@H]4CCCN[C@@H]4C3)nc2c1. The number of nitrogens with zero attached hydrogens (tertiary/aromatic N) is 2. The van der Waals surface area contributed by atoms with E-state index in [4.69, 9.17) is 4.98 Å². The van der Waals surface area contributed by atoms with E-state index in [-0.39, 0.29) is 0 Å². The lowest BCUT2D eigenvalue weighted by Gasteiger charge is -2.24. The van der Waals surface area contributed by atoms with Crippen molar-refractivity contribution in [3.63, 3.8) is 0 Å². The van der Waals surface area contributed by atoms with Gasteiger partial charge in [-0.2, -0.15) is 0 Å². The molecule has 0 bridgehead atoms. The predicted octanol–water partition coefficient (Wildman–Crippen LogP) is 2.48. The summed E-state index contributed by atoms with van der Waals surface area (Å²) < 4.78 is 1.30. The summed E-state index contributed by atoms with van der Waals surface area (Å²) in [5.41, 5.74) is 1.14. The zero-order valence-electron chi connectivity index (χ0n) is 10.3. The van der Waals surface area contributed by atoms with Crippen LogP contribution in [0.3, 0.4) is 0 Å². The van der Waals surface area contributed by atoms with Gasteiger partial charge < -0.3 is 10.2 Å². The Balaban J connectivity index is 1.63. The number of fused-ring (bicyclic) bond motifs is 2. The molecule has 2 aliphatic heterocycles. The van der Waals surface area contributed by atoms with Crippen LogP contribution in [-0.2, 0) is 0 Å². The van der Waals surface area contributed by atoms with Crippen molar-refractivity contribution in [2.75, 3.05) is 24.5 Å². The largest absolute Gasteiger partial charge is 0.346 e. The molecule has 0 amide bonds. The quantitative estimate of drug-likeness (QED) is 0.853. The number of thiazole rings is 1. The van der Waals surface area contributed by atoms with Crippen molar-refractivity contribution in [2.24, 2.45) is 5.92 Å². The highest BCUT2D eigenvalue weighted by molar-refractivity contribution is 7.22. The third-order valence-electron chi connectivity index (χ3n) is 4.15. The number of benzene rings is 1. The highest BCUT2D eigenvalue weighted by atomic mass is 32.1. The summed E-state index contributed by atoms with van der Waals surface area (Å²) in [5.74, 6) is 0.825. The zero-order chi connectivity index (χ0) is 11.9. The summed E-state index contributed by atoms with van der Waals surface area (Å²) in [4.78, 5) is 7.24. The third-order valence-corrected chi connectivity index (χ3v) is 5.25. The maximum absolute atomic E-state index is 4.77. The first-order valence-corrected chi connectivity index (χ1v) is 7.56. The number of anilines is 1. The molecule has 0 radical (unpaired) electrons. The van der Waals surface area contributed by atoms with Gasteiger partial charge in [-0.15, -0.1) is 0 Å². The van der Waals surface area contributed by atoms with E-state index in [1.807, 2.05) is 11.3 Å². The van der Waals surface area contributed by atoms with Crippen LogP contribution in [0, 0.1) is 5.92 Å². The van der Waals surface area contributed by atoms with Crippen molar-refractivity contribution in [3.05, 3.63) is 24.3 Å². The number of rotatable bonds is 1. The van der Waals surface area contributed by atoms with E-state index in [2.05, 4.69) is 34.5 Å². The normalized spacial score (nSPS) is 27.7. The summed E-state index contributed by atoms with van der Waals surface area (Å²) >= 11 is 1.83. The van der Waals surface area contributed by atoms with Gasteiger partial charge in [0.2, 0.25) is 0 Å². The molecule has 2 aromatic rings. The van der Waals surface area contributed by atoms with Gasteiger partial charge in [-0.3, -0.25) is 0 Å². The highest BCUT2D eigenvalue weighted by Crippen LogP contribution is 2.34. The number of aromatic nitrogens is 1. The van der Waals surface area contributed by atoms with E-state index in [1.165, 1.54) is 35.8 Å². The van der Waals surface area contributed by atoms with Crippen LogP contribution in [0.4, 0.5) is 5.13 Å². The molecule has 2 atom stereocenters. The van der Waals surface area contributed by atoms with Gasteiger partial charge in [0.25, 0.3) is 0 Å². The van der Waals surface area contributed by atoms with Crippen molar-refractivity contribution in [1.82, 2.24) is 10.3 Å². The number of hydrogen-bond acceptors (Lipinski definition) is 4. The fraction of sp³-hybridized carbons (Fsp3) is 0.500. The summed E-state index contributed by atoms with van der Waals surface area (Å²) in [7, 11) is 0. The minimum Gasteiger partial charge on any atom is -0.346 e. The summed E-state index contributed by atoms with van der Waals surface area (Å²) in [6.07, 6.45) is 2.70. The van der Waals surface area contributed by atoms with E-state index >= 15 is 0 Å². The van der Waals surface area contributed by atoms with E-state index in [1.54, 1.807) is 0 Å². The molecule has 0 saturated carbocycles. The van der Waals surface area contributed by atoms with Gasteiger partial charge >= 0.3 is 0 Å². The second-order valence-electron chi connectivity index (χ2n) is 5.33. The summed E-state index contributed by atoms with van der Waals surface area (Å²) in [6.45, 7) is 3.50. The second kappa shape index (κ2) is 4.21. The van der Waals surface area contributed by atoms with Crippen LogP contribution in [0.15, 0.2) is 24.3 Å². The smallest absolute Gasteiger partial charge is 0.186 e. The van der Waals surface area contributed by atoms with Gasteiger partial charge in [0.15, 0.2) is 5.13 Å². The van der Waals surface area contributed by atoms with Gasteiger partial charge in [-0.05, 0) is 37.4 Å². The molecule has 0 unspecified atom stereocenters. The predicted molar refractivity (Wildman–Crippen MR) is 76.3 cm³/mol. The first-order valence-electron chi connectivity index (χ1n) is 6.74. The van der Waals surface area contributed by atoms with Crippen LogP contribution in [0.1, 0.15) is 12.8 Å². The Hall–Kier alpha value is -1.13. The molecule has 1 aromatic heterocycles. The number of hydrogen-bond donors (Lipinski definition) is 1. The molecule has 4 rings (SSSR count). The molecule has 3 heterocycles. The third kappa shape index (κ3) is 1.71.